The van der Waals surface area contributed by atoms with Gasteiger partial charge in [0.1, 0.15) is 6.04 Å². The zero-order valence-electron chi connectivity index (χ0n) is 21.5. The summed E-state index contributed by atoms with van der Waals surface area (Å²) in [4.78, 5) is 50.6. The Morgan fingerprint density at radius 1 is 0.974 bits per heavy atom. The highest BCUT2D eigenvalue weighted by Crippen LogP contribution is 2.36. The molecule has 2 aliphatic heterocycles. The Hall–Kier alpha value is -4.27. The van der Waals surface area contributed by atoms with Gasteiger partial charge in [-0.2, -0.15) is 0 Å². The van der Waals surface area contributed by atoms with Crippen molar-refractivity contribution >= 4 is 40.6 Å². The van der Waals surface area contributed by atoms with Gasteiger partial charge in [-0.15, -0.1) is 0 Å². The first-order chi connectivity index (χ1) is 18.9. The number of hydrogen-bond acceptors (Lipinski definition) is 7. The van der Waals surface area contributed by atoms with Crippen molar-refractivity contribution in [2.45, 2.75) is 50.6 Å². The average Bonchev–Trinajstić information content (AvgIpc) is 3.73. The van der Waals surface area contributed by atoms with Crippen molar-refractivity contribution in [2.24, 2.45) is 11.8 Å². The fraction of sp³-hybridized carbons (Fsp3) is 0.367. The Labute approximate surface area is 226 Å². The number of carbonyl (C=O) groups excluding carboxylic acids is 4. The molecule has 1 saturated heterocycles. The topological polar surface area (TPSA) is 131 Å². The van der Waals surface area contributed by atoms with Crippen LogP contribution < -0.4 is 16.0 Å². The first-order valence-corrected chi connectivity index (χ1v) is 13.6. The van der Waals surface area contributed by atoms with Crippen LogP contribution in [0, 0.1) is 17.2 Å². The van der Waals surface area contributed by atoms with Crippen LogP contribution in [0.25, 0.3) is 5.57 Å². The summed E-state index contributed by atoms with van der Waals surface area (Å²) in [7, 11) is 0. The SMILES string of the molecule is N=C(/C(=C\N[C@H]1C[C@H](CNc2ccc3c(c2)C(=O)N(C2CCC(=O)NC2=O)C3=O)C1)c1ccccc1)C1CC1. The second-order valence-electron chi connectivity index (χ2n) is 10.9. The summed E-state index contributed by atoms with van der Waals surface area (Å²) in [6.45, 7) is 0.739. The van der Waals surface area contributed by atoms with Crippen LogP contribution in [0.15, 0.2) is 54.7 Å². The molecule has 0 radical (unpaired) electrons. The molecule has 9 heteroatoms. The van der Waals surface area contributed by atoms with E-state index >= 15 is 0 Å². The predicted molar refractivity (Wildman–Crippen MR) is 146 cm³/mol. The molecule has 4 N–H and O–H groups in total. The quantitative estimate of drug-likeness (QED) is 0.293. The third-order valence-electron chi connectivity index (χ3n) is 8.09. The van der Waals surface area contributed by atoms with Crippen molar-refractivity contribution in [1.82, 2.24) is 15.5 Å². The molecule has 2 aromatic rings. The van der Waals surface area contributed by atoms with Crippen LogP contribution in [0.5, 0.6) is 0 Å². The van der Waals surface area contributed by atoms with E-state index in [1.165, 1.54) is 0 Å². The molecule has 39 heavy (non-hydrogen) atoms. The number of hydrogen-bond donors (Lipinski definition) is 4. The lowest BCUT2D eigenvalue weighted by atomic mass is 9.80. The Kier molecular flexibility index (Phi) is 6.50. The Bertz CT molecular complexity index is 1390. The van der Waals surface area contributed by atoms with Crippen LogP contribution >= 0.6 is 0 Å². The highest BCUT2D eigenvalue weighted by Gasteiger charge is 2.44. The molecule has 4 amide bonds. The maximum absolute atomic E-state index is 13.0. The maximum atomic E-state index is 13.0. The van der Waals surface area contributed by atoms with Gasteiger partial charge in [-0.1, -0.05) is 30.3 Å². The number of nitrogens with one attached hydrogen (secondary N) is 4. The van der Waals surface area contributed by atoms with Crippen LogP contribution in [-0.4, -0.2) is 52.9 Å². The molecule has 2 aromatic carbocycles. The van der Waals surface area contributed by atoms with Gasteiger partial charge in [-0.3, -0.25) is 29.4 Å². The monoisotopic (exact) mass is 525 g/mol. The van der Waals surface area contributed by atoms with Gasteiger partial charge < -0.3 is 16.0 Å². The zero-order valence-corrected chi connectivity index (χ0v) is 21.5. The van der Waals surface area contributed by atoms with E-state index in [0.29, 0.717) is 23.6 Å². The van der Waals surface area contributed by atoms with E-state index in [1.54, 1.807) is 18.2 Å². The molecule has 2 saturated carbocycles. The smallest absolute Gasteiger partial charge is 0.262 e. The third kappa shape index (κ3) is 4.96. The summed E-state index contributed by atoms with van der Waals surface area (Å²) < 4.78 is 0. The average molecular weight is 526 g/mol. The van der Waals surface area contributed by atoms with Gasteiger partial charge in [-0.25, -0.2) is 0 Å². The molecular formula is C30H31N5O4. The summed E-state index contributed by atoms with van der Waals surface area (Å²) in [5.74, 6) is -1.16. The molecule has 2 aliphatic carbocycles. The fourth-order valence-corrected chi connectivity index (χ4v) is 5.61. The van der Waals surface area contributed by atoms with Crippen LogP contribution in [0.4, 0.5) is 5.69 Å². The standard InChI is InChI=1S/C30H31N5O4/c31-27(19-6-7-19)24(18-4-2-1-3-5-18)16-33-21-12-17(13-21)15-32-20-8-9-22-23(14-20)30(39)35(29(22)38)25-10-11-26(36)34-28(25)37/h1-5,8-9,14,16-17,19,21,25,31-33H,6-7,10-13,15H2,(H,34,36,37)/b24-16-,31-27?/t17-,21-,25?. The van der Waals surface area contributed by atoms with E-state index in [4.69, 9.17) is 5.41 Å². The minimum absolute atomic E-state index is 0.0975. The van der Waals surface area contributed by atoms with Crippen LogP contribution in [-0.2, 0) is 9.59 Å². The van der Waals surface area contributed by atoms with E-state index in [1.807, 2.05) is 24.4 Å². The molecule has 0 aromatic heterocycles. The molecule has 6 rings (SSSR count). The second-order valence-corrected chi connectivity index (χ2v) is 10.9. The molecule has 1 atom stereocenters. The number of allylic oxidation sites excluding steroid dienone is 1. The highest BCUT2D eigenvalue weighted by atomic mass is 16.2. The fourth-order valence-electron chi connectivity index (χ4n) is 5.61. The van der Waals surface area contributed by atoms with Crippen molar-refractivity contribution in [3.05, 3.63) is 71.4 Å². The van der Waals surface area contributed by atoms with Gasteiger partial charge in [0.2, 0.25) is 11.8 Å². The molecule has 200 valence electrons. The minimum atomic E-state index is -0.963. The lowest BCUT2D eigenvalue weighted by molar-refractivity contribution is -0.136. The van der Waals surface area contributed by atoms with Crippen LogP contribution in [0.2, 0.25) is 0 Å². The minimum Gasteiger partial charge on any atom is -0.388 e. The largest absolute Gasteiger partial charge is 0.388 e. The Morgan fingerprint density at radius 2 is 1.72 bits per heavy atom. The number of anilines is 1. The van der Waals surface area contributed by atoms with Crippen molar-refractivity contribution in [1.29, 1.82) is 5.41 Å². The van der Waals surface area contributed by atoms with Gasteiger partial charge in [0.15, 0.2) is 0 Å². The zero-order chi connectivity index (χ0) is 27.1. The number of benzene rings is 2. The number of imide groups is 2. The van der Waals surface area contributed by atoms with Crippen molar-refractivity contribution in [3.8, 4) is 0 Å². The Balaban J connectivity index is 1.03. The lowest BCUT2D eigenvalue weighted by Crippen LogP contribution is -2.54. The summed E-state index contributed by atoms with van der Waals surface area (Å²) in [5, 5.41) is 17.7. The number of rotatable bonds is 9. The number of carbonyl (C=O) groups is 4. The molecule has 0 spiro atoms. The maximum Gasteiger partial charge on any atom is 0.262 e. The normalized spacial score (nSPS) is 24.7. The van der Waals surface area contributed by atoms with Crippen LogP contribution in [0.1, 0.15) is 64.8 Å². The summed E-state index contributed by atoms with van der Waals surface area (Å²) in [6.07, 6.45) is 6.43. The molecule has 3 fully saturated rings. The number of amides is 4. The third-order valence-corrected chi connectivity index (χ3v) is 8.09. The lowest BCUT2D eigenvalue weighted by Gasteiger charge is -2.36. The van der Waals surface area contributed by atoms with Gasteiger partial charge in [0.05, 0.1) is 11.1 Å². The predicted octanol–water partition coefficient (Wildman–Crippen LogP) is 3.34. The van der Waals surface area contributed by atoms with E-state index in [9.17, 15) is 19.2 Å². The summed E-state index contributed by atoms with van der Waals surface area (Å²) in [6, 6.07) is 14.6. The molecule has 2 heterocycles. The van der Waals surface area contributed by atoms with Crippen molar-refractivity contribution in [3.63, 3.8) is 0 Å². The van der Waals surface area contributed by atoms with Gasteiger partial charge in [0, 0.05) is 48.1 Å². The molecular weight excluding hydrogens is 494 g/mol. The van der Waals surface area contributed by atoms with Gasteiger partial charge >= 0.3 is 0 Å². The molecule has 1 unspecified atom stereocenters. The van der Waals surface area contributed by atoms with E-state index in [2.05, 4.69) is 28.1 Å². The van der Waals surface area contributed by atoms with Gasteiger partial charge in [-0.05, 0) is 61.8 Å². The molecule has 9 nitrogen and oxygen atoms in total. The van der Waals surface area contributed by atoms with Crippen LogP contribution in [0.3, 0.4) is 0 Å². The Morgan fingerprint density at radius 3 is 2.44 bits per heavy atom. The second kappa shape index (κ2) is 10.1. The first-order valence-electron chi connectivity index (χ1n) is 13.6. The number of piperidine rings is 1. The van der Waals surface area contributed by atoms with E-state index < -0.39 is 29.7 Å². The number of fused-ring (bicyclic) bond motifs is 1. The van der Waals surface area contributed by atoms with Crippen molar-refractivity contribution < 1.29 is 19.2 Å². The number of nitrogens with zero attached hydrogens (tertiary/aromatic N) is 1. The summed E-state index contributed by atoms with van der Waals surface area (Å²) in [5.41, 5.74) is 4.07. The highest BCUT2D eigenvalue weighted by molar-refractivity contribution is 6.24. The molecule has 4 aliphatic rings. The van der Waals surface area contributed by atoms with Crippen molar-refractivity contribution in [2.75, 3.05) is 11.9 Å². The molecule has 0 bridgehead atoms. The van der Waals surface area contributed by atoms with Gasteiger partial charge in [0.25, 0.3) is 11.8 Å². The first kappa shape index (κ1) is 25.0. The van der Waals surface area contributed by atoms with E-state index in [-0.39, 0.29) is 24.0 Å². The van der Waals surface area contributed by atoms with E-state index in [0.717, 1.165) is 54.0 Å². The summed E-state index contributed by atoms with van der Waals surface area (Å²) >= 11 is 0.